The average molecular weight is 204 g/mol. The summed E-state index contributed by atoms with van der Waals surface area (Å²) in [4.78, 5) is 14.6. The number of imidazole rings is 1. The number of para-hydroxylation sites is 1. The highest BCUT2D eigenvalue weighted by Gasteiger charge is 2.27. The van der Waals surface area contributed by atoms with Gasteiger partial charge >= 0.3 is 5.69 Å². The van der Waals surface area contributed by atoms with Gasteiger partial charge in [0, 0.05) is 6.04 Å². The van der Waals surface area contributed by atoms with Crippen LogP contribution in [0.4, 0.5) is 0 Å². The van der Waals surface area contributed by atoms with Crippen molar-refractivity contribution in [3.8, 4) is 5.75 Å². The number of hydrogen-bond acceptors (Lipinski definition) is 2. The molecule has 0 radical (unpaired) electrons. The predicted molar refractivity (Wildman–Crippen MR) is 57.4 cm³/mol. The van der Waals surface area contributed by atoms with Crippen molar-refractivity contribution < 1.29 is 4.74 Å². The van der Waals surface area contributed by atoms with Crippen LogP contribution in [0.15, 0.2) is 23.0 Å². The zero-order valence-electron chi connectivity index (χ0n) is 8.49. The summed E-state index contributed by atoms with van der Waals surface area (Å²) in [6, 6.07) is 6.11. The number of nitrogens with zero attached hydrogens (tertiary/aromatic N) is 1. The maximum atomic E-state index is 11.7. The van der Waals surface area contributed by atoms with Gasteiger partial charge < -0.3 is 9.72 Å². The van der Waals surface area contributed by atoms with Crippen LogP contribution in [0.2, 0.25) is 0 Å². The quantitative estimate of drug-likeness (QED) is 0.808. The van der Waals surface area contributed by atoms with E-state index in [1.54, 1.807) is 7.11 Å². The Morgan fingerprint density at radius 3 is 2.93 bits per heavy atom. The fourth-order valence-corrected chi connectivity index (χ4v) is 1.99. The van der Waals surface area contributed by atoms with E-state index < -0.39 is 0 Å². The molecule has 0 saturated heterocycles. The van der Waals surface area contributed by atoms with Crippen molar-refractivity contribution in [1.29, 1.82) is 0 Å². The maximum Gasteiger partial charge on any atom is 0.326 e. The molecular weight excluding hydrogens is 192 g/mol. The van der Waals surface area contributed by atoms with E-state index in [-0.39, 0.29) is 5.69 Å². The van der Waals surface area contributed by atoms with Crippen molar-refractivity contribution in [2.24, 2.45) is 0 Å². The third-order valence-electron chi connectivity index (χ3n) is 2.85. The molecular formula is C11H12N2O2. The van der Waals surface area contributed by atoms with Crippen molar-refractivity contribution >= 4 is 11.0 Å². The Labute approximate surface area is 86.5 Å². The van der Waals surface area contributed by atoms with Crippen molar-refractivity contribution in [2.75, 3.05) is 7.11 Å². The van der Waals surface area contributed by atoms with E-state index >= 15 is 0 Å². The Hall–Kier alpha value is -1.71. The van der Waals surface area contributed by atoms with Crippen molar-refractivity contribution in [3.63, 3.8) is 0 Å². The Morgan fingerprint density at radius 1 is 1.47 bits per heavy atom. The van der Waals surface area contributed by atoms with Gasteiger partial charge in [-0.25, -0.2) is 4.79 Å². The summed E-state index contributed by atoms with van der Waals surface area (Å²) in [5.74, 6) is 0.726. The first-order valence-electron chi connectivity index (χ1n) is 5.08. The standard InChI is InChI=1S/C11H12N2O2/c1-15-9-4-2-3-8-10(9)12-11(14)13(8)7-5-6-7/h2-4,7H,5-6H2,1H3,(H,12,14). The molecule has 0 bridgehead atoms. The van der Waals surface area contributed by atoms with Gasteiger partial charge in [-0.05, 0) is 25.0 Å². The average Bonchev–Trinajstić information content (AvgIpc) is 3.00. The third-order valence-corrected chi connectivity index (χ3v) is 2.85. The Balaban J connectivity index is 2.36. The number of aromatic amines is 1. The summed E-state index contributed by atoms with van der Waals surface area (Å²) in [7, 11) is 1.61. The van der Waals surface area contributed by atoms with Crippen LogP contribution in [0.5, 0.6) is 5.75 Å². The molecule has 4 heteroatoms. The lowest BCUT2D eigenvalue weighted by Gasteiger charge is -2.02. The Bertz CT molecular complexity index is 563. The fourth-order valence-electron chi connectivity index (χ4n) is 1.99. The Kier molecular flexibility index (Phi) is 1.65. The largest absolute Gasteiger partial charge is 0.494 e. The second-order valence-corrected chi connectivity index (χ2v) is 3.89. The van der Waals surface area contributed by atoms with Gasteiger partial charge in [0.15, 0.2) is 0 Å². The summed E-state index contributed by atoms with van der Waals surface area (Å²) in [5, 5.41) is 0. The first-order valence-corrected chi connectivity index (χ1v) is 5.08. The van der Waals surface area contributed by atoms with Gasteiger partial charge in [0.1, 0.15) is 11.3 Å². The molecule has 2 aromatic rings. The summed E-state index contributed by atoms with van der Waals surface area (Å²) < 4.78 is 7.04. The number of rotatable bonds is 2. The van der Waals surface area contributed by atoms with Crippen molar-refractivity contribution in [2.45, 2.75) is 18.9 Å². The number of hydrogen-bond donors (Lipinski definition) is 1. The molecule has 1 aliphatic carbocycles. The zero-order valence-corrected chi connectivity index (χ0v) is 8.49. The molecule has 1 aromatic heterocycles. The van der Waals surface area contributed by atoms with E-state index in [0.29, 0.717) is 6.04 Å². The second kappa shape index (κ2) is 2.89. The second-order valence-electron chi connectivity index (χ2n) is 3.89. The predicted octanol–water partition coefficient (Wildman–Crippen LogP) is 1.67. The van der Waals surface area contributed by atoms with Gasteiger partial charge in [-0.2, -0.15) is 0 Å². The van der Waals surface area contributed by atoms with E-state index in [1.165, 1.54) is 0 Å². The molecule has 1 aliphatic rings. The van der Waals surface area contributed by atoms with Gasteiger partial charge in [-0.3, -0.25) is 4.57 Å². The number of ether oxygens (including phenoxy) is 1. The lowest BCUT2D eigenvalue weighted by atomic mass is 10.3. The fraction of sp³-hybridized carbons (Fsp3) is 0.364. The Morgan fingerprint density at radius 2 is 2.27 bits per heavy atom. The van der Waals surface area contributed by atoms with E-state index in [0.717, 1.165) is 29.6 Å². The van der Waals surface area contributed by atoms with Crippen LogP contribution in [0.1, 0.15) is 18.9 Å². The smallest absolute Gasteiger partial charge is 0.326 e. The molecule has 0 atom stereocenters. The SMILES string of the molecule is COc1cccc2c1[nH]c(=O)n2C1CC1. The van der Waals surface area contributed by atoms with E-state index in [4.69, 9.17) is 4.74 Å². The number of nitrogens with one attached hydrogen (secondary N) is 1. The minimum atomic E-state index is -0.0306. The lowest BCUT2D eigenvalue weighted by Crippen LogP contribution is -2.14. The van der Waals surface area contributed by atoms with Crippen LogP contribution < -0.4 is 10.4 Å². The summed E-state index contributed by atoms with van der Waals surface area (Å²) >= 11 is 0. The van der Waals surface area contributed by atoms with Crippen LogP contribution in [0, 0.1) is 0 Å². The van der Waals surface area contributed by atoms with Gasteiger partial charge in [0.25, 0.3) is 0 Å². The summed E-state index contributed by atoms with van der Waals surface area (Å²) in [6.45, 7) is 0. The molecule has 4 nitrogen and oxygen atoms in total. The minimum Gasteiger partial charge on any atom is -0.494 e. The maximum absolute atomic E-state index is 11.7. The number of H-pyrrole nitrogens is 1. The van der Waals surface area contributed by atoms with E-state index in [1.807, 2.05) is 22.8 Å². The lowest BCUT2D eigenvalue weighted by molar-refractivity contribution is 0.419. The molecule has 0 amide bonds. The van der Waals surface area contributed by atoms with Crippen LogP contribution in [-0.2, 0) is 0 Å². The zero-order chi connectivity index (χ0) is 10.4. The van der Waals surface area contributed by atoms with Gasteiger partial charge in [0.2, 0.25) is 0 Å². The number of fused-ring (bicyclic) bond motifs is 1. The molecule has 1 heterocycles. The van der Waals surface area contributed by atoms with Crippen LogP contribution >= 0.6 is 0 Å². The first kappa shape index (κ1) is 8.59. The van der Waals surface area contributed by atoms with Crippen LogP contribution in [-0.4, -0.2) is 16.7 Å². The number of aromatic nitrogens is 2. The van der Waals surface area contributed by atoms with Gasteiger partial charge in [-0.15, -0.1) is 0 Å². The molecule has 0 aliphatic heterocycles. The van der Waals surface area contributed by atoms with E-state index in [2.05, 4.69) is 4.98 Å². The molecule has 0 unspecified atom stereocenters. The summed E-state index contributed by atoms with van der Waals surface area (Å²) in [6.07, 6.45) is 2.20. The monoisotopic (exact) mass is 204 g/mol. The summed E-state index contributed by atoms with van der Waals surface area (Å²) in [5.41, 5.74) is 1.72. The molecule has 78 valence electrons. The first-order chi connectivity index (χ1) is 7.31. The topological polar surface area (TPSA) is 47.0 Å². The molecule has 0 spiro atoms. The number of benzene rings is 1. The van der Waals surface area contributed by atoms with Gasteiger partial charge in [0.05, 0.1) is 12.6 Å². The molecule has 1 fully saturated rings. The molecule has 15 heavy (non-hydrogen) atoms. The highest BCUT2D eigenvalue weighted by Crippen LogP contribution is 2.36. The van der Waals surface area contributed by atoms with Crippen molar-refractivity contribution in [3.05, 3.63) is 28.7 Å². The normalized spacial score (nSPS) is 15.8. The minimum absolute atomic E-state index is 0.0306. The van der Waals surface area contributed by atoms with Gasteiger partial charge in [-0.1, -0.05) is 6.07 Å². The molecule has 1 saturated carbocycles. The van der Waals surface area contributed by atoms with Crippen LogP contribution in [0.25, 0.3) is 11.0 Å². The van der Waals surface area contributed by atoms with Crippen molar-refractivity contribution in [1.82, 2.24) is 9.55 Å². The highest BCUT2D eigenvalue weighted by molar-refractivity contribution is 5.82. The molecule has 3 rings (SSSR count). The molecule has 1 aromatic carbocycles. The molecule has 1 N–H and O–H groups in total. The number of methoxy groups -OCH3 is 1. The van der Waals surface area contributed by atoms with E-state index in [9.17, 15) is 4.79 Å². The third kappa shape index (κ3) is 1.17. The highest BCUT2D eigenvalue weighted by atomic mass is 16.5. The van der Waals surface area contributed by atoms with Crippen LogP contribution in [0.3, 0.4) is 0 Å².